The molecule has 0 aromatic heterocycles. The summed E-state index contributed by atoms with van der Waals surface area (Å²) in [6.45, 7) is 6.89. The highest BCUT2D eigenvalue weighted by Crippen LogP contribution is 2.31. The van der Waals surface area contributed by atoms with E-state index < -0.39 is 11.7 Å². The first-order valence-electron chi connectivity index (χ1n) is 10.8. The van der Waals surface area contributed by atoms with Crippen molar-refractivity contribution in [3.8, 4) is 0 Å². The van der Waals surface area contributed by atoms with Crippen LogP contribution in [0.5, 0.6) is 0 Å². The SMILES string of the molecule is CC(C)(C)OC(=O)Nc1ccc(NC2=C(N3CCCC3)C(=O)c3ccccc3C2=O)cc1. The minimum atomic E-state index is -0.589. The van der Waals surface area contributed by atoms with Gasteiger partial charge in [-0.25, -0.2) is 4.79 Å². The maximum Gasteiger partial charge on any atom is 0.412 e. The molecular weight excluding hydrogens is 406 g/mol. The van der Waals surface area contributed by atoms with E-state index in [-0.39, 0.29) is 11.6 Å². The van der Waals surface area contributed by atoms with Gasteiger partial charge in [-0.3, -0.25) is 14.9 Å². The van der Waals surface area contributed by atoms with E-state index in [0.29, 0.717) is 33.9 Å². The lowest BCUT2D eigenvalue weighted by Crippen LogP contribution is -2.35. The number of hydrogen-bond donors (Lipinski definition) is 2. The molecule has 0 radical (unpaired) electrons. The molecule has 1 aliphatic carbocycles. The Morgan fingerprint density at radius 3 is 2.03 bits per heavy atom. The summed E-state index contributed by atoms with van der Waals surface area (Å²) in [5, 5.41) is 5.85. The fourth-order valence-electron chi connectivity index (χ4n) is 3.92. The van der Waals surface area contributed by atoms with E-state index in [1.54, 1.807) is 69.3 Å². The summed E-state index contributed by atoms with van der Waals surface area (Å²) in [7, 11) is 0. The number of hydrogen-bond acceptors (Lipinski definition) is 6. The minimum Gasteiger partial charge on any atom is -0.444 e. The predicted octanol–water partition coefficient (Wildman–Crippen LogP) is 4.83. The Morgan fingerprint density at radius 1 is 0.875 bits per heavy atom. The molecule has 1 aliphatic heterocycles. The molecule has 1 heterocycles. The number of allylic oxidation sites excluding steroid dienone is 2. The van der Waals surface area contributed by atoms with E-state index >= 15 is 0 Å². The molecular formula is C25H27N3O4. The van der Waals surface area contributed by atoms with E-state index in [2.05, 4.69) is 10.6 Å². The van der Waals surface area contributed by atoms with Gasteiger partial charge in [-0.1, -0.05) is 24.3 Å². The van der Waals surface area contributed by atoms with E-state index in [1.807, 2.05) is 4.90 Å². The zero-order valence-electron chi connectivity index (χ0n) is 18.5. The zero-order valence-corrected chi connectivity index (χ0v) is 18.5. The van der Waals surface area contributed by atoms with Crippen molar-refractivity contribution in [2.75, 3.05) is 23.7 Å². The van der Waals surface area contributed by atoms with Crippen LogP contribution >= 0.6 is 0 Å². The molecule has 2 N–H and O–H groups in total. The second kappa shape index (κ2) is 8.49. The van der Waals surface area contributed by atoms with Crippen molar-refractivity contribution in [2.24, 2.45) is 0 Å². The van der Waals surface area contributed by atoms with Crippen molar-refractivity contribution in [3.05, 3.63) is 71.1 Å². The summed E-state index contributed by atoms with van der Waals surface area (Å²) in [5.41, 5.74) is 2.20. The molecule has 1 saturated heterocycles. The van der Waals surface area contributed by atoms with Gasteiger partial charge in [0.1, 0.15) is 17.0 Å². The topological polar surface area (TPSA) is 87.7 Å². The number of Topliss-reactive ketones (excluding diaryl/α,β-unsaturated/α-hetero) is 2. The average Bonchev–Trinajstić information content (AvgIpc) is 3.26. The van der Waals surface area contributed by atoms with Crippen molar-refractivity contribution in [3.63, 3.8) is 0 Å². The molecule has 0 bridgehead atoms. The molecule has 166 valence electrons. The molecule has 0 saturated carbocycles. The highest BCUT2D eigenvalue weighted by molar-refractivity contribution is 6.27. The second-order valence-electron chi connectivity index (χ2n) is 8.95. The number of likely N-dealkylation sites (tertiary alicyclic amines) is 1. The summed E-state index contributed by atoms with van der Waals surface area (Å²) < 4.78 is 5.26. The molecule has 0 unspecified atom stereocenters. The highest BCUT2D eigenvalue weighted by Gasteiger charge is 2.36. The maximum absolute atomic E-state index is 13.3. The van der Waals surface area contributed by atoms with Gasteiger partial charge >= 0.3 is 6.09 Å². The van der Waals surface area contributed by atoms with Crippen molar-refractivity contribution in [1.29, 1.82) is 0 Å². The summed E-state index contributed by atoms with van der Waals surface area (Å²) in [6.07, 6.45) is 1.44. The second-order valence-corrected chi connectivity index (χ2v) is 8.95. The molecule has 0 atom stereocenters. The number of benzene rings is 2. The molecule has 7 nitrogen and oxygen atoms in total. The Bertz CT molecular complexity index is 1090. The molecule has 32 heavy (non-hydrogen) atoms. The first-order chi connectivity index (χ1) is 15.2. The van der Waals surface area contributed by atoms with E-state index in [0.717, 1.165) is 25.9 Å². The number of carbonyl (C=O) groups excluding carboxylic acids is 3. The van der Waals surface area contributed by atoms with Gasteiger partial charge in [0.2, 0.25) is 11.6 Å². The monoisotopic (exact) mass is 433 g/mol. The number of rotatable bonds is 4. The number of anilines is 2. The van der Waals surface area contributed by atoms with Crippen LogP contribution in [0.25, 0.3) is 0 Å². The van der Waals surface area contributed by atoms with Crippen LogP contribution in [0.1, 0.15) is 54.3 Å². The Balaban J connectivity index is 1.60. The Labute approximate surface area is 187 Å². The van der Waals surface area contributed by atoms with Gasteiger partial charge in [-0.2, -0.15) is 0 Å². The molecule has 7 heteroatoms. The largest absolute Gasteiger partial charge is 0.444 e. The van der Waals surface area contributed by atoms with Gasteiger partial charge in [0.05, 0.1) is 0 Å². The number of fused-ring (bicyclic) bond motifs is 1. The number of nitrogens with zero attached hydrogens (tertiary/aromatic N) is 1. The van der Waals surface area contributed by atoms with Crippen LogP contribution in [0.3, 0.4) is 0 Å². The lowest BCUT2D eigenvalue weighted by molar-refractivity contribution is 0.0635. The van der Waals surface area contributed by atoms with Crippen molar-refractivity contribution in [1.82, 2.24) is 4.90 Å². The van der Waals surface area contributed by atoms with Gasteiger partial charge in [0.15, 0.2) is 0 Å². The zero-order chi connectivity index (χ0) is 22.9. The third kappa shape index (κ3) is 4.51. The minimum absolute atomic E-state index is 0.132. The molecule has 2 aromatic rings. The van der Waals surface area contributed by atoms with Crippen molar-refractivity contribution >= 4 is 29.0 Å². The van der Waals surface area contributed by atoms with Crippen LogP contribution in [-0.4, -0.2) is 41.3 Å². The van der Waals surface area contributed by atoms with Gasteiger partial charge in [-0.05, 0) is 57.9 Å². The lowest BCUT2D eigenvalue weighted by Gasteiger charge is -2.28. The molecule has 2 aromatic carbocycles. The highest BCUT2D eigenvalue weighted by atomic mass is 16.6. The molecule has 2 aliphatic rings. The maximum atomic E-state index is 13.3. The smallest absolute Gasteiger partial charge is 0.412 e. The number of carbonyl (C=O) groups is 3. The number of ketones is 2. The van der Waals surface area contributed by atoms with Crippen LogP contribution in [0, 0.1) is 0 Å². The normalized spacial score (nSPS) is 16.2. The Hall–Kier alpha value is -3.61. The van der Waals surface area contributed by atoms with E-state index in [4.69, 9.17) is 4.74 Å². The van der Waals surface area contributed by atoms with Crippen LogP contribution in [-0.2, 0) is 4.74 Å². The van der Waals surface area contributed by atoms with Crippen LogP contribution in [0.15, 0.2) is 59.9 Å². The molecule has 4 rings (SSSR count). The van der Waals surface area contributed by atoms with E-state index in [1.165, 1.54) is 0 Å². The first kappa shape index (κ1) is 21.6. The molecule has 1 fully saturated rings. The van der Waals surface area contributed by atoms with Crippen molar-refractivity contribution in [2.45, 2.75) is 39.2 Å². The lowest BCUT2D eigenvalue weighted by atomic mass is 9.89. The first-order valence-corrected chi connectivity index (χ1v) is 10.8. The third-order valence-electron chi connectivity index (χ3n) is 5.32. The molecule has 0 spiro atoms. The fraction of sp³-hybridized carbons (Fsp3) is 0.320. The summed E-state index contributed by atoms with van der Waals surface area (Å²) >= 11 is 0. The van der Waals surface area contributed by atoms with E-state index in [9.17, 15) is 14.4 Å². The summed E-state index contributed by atoms with van der Waals surface area (Å²) in [4.78, 5) is 40.6. The number of nitrogens with one attached hydrogen (secondary N) is 2. The predicted molar refractivity (Wildman–Crippen MR) is 123 cm³/mol. The Kier molecular flexibility index (Phi) is 5.74. The summed E-state index contributed by atoms with van der Waals surface area (Å²) in [5.74, 6) is -0.328. The standard InChI is InChI=1S/C25H27N3O4/c1-25(2,3)32-24(31)27-17-12-10-16(11-13-17)26-20-21(28-14-6-7-15-28)23(30)19-9-5-4-8-18(19)22(20)29/h4-5,8-13,26H,6-7,14-15H2,1-3H3,(H,27,31). The van der Waals surface area contributed by atoms with Crippen LogP contribution in [0.4, 0.5) is 16.2 Å². The van der Waals surface area contributed by atoms with Gasteiger partial charge in [-0.15, -0.1) is 0 Å². The van der Waals surface area contributed by atoms with Gasteiger partial charge in [0, 0.05) is 35.6 Å². The van der Waals surface area contributed by atoms with Crippen LogP contribution in [0.2, 0.25) is 0 Å². The summed E-state index contributed by atoms with van der Waals surface area (Å²) in [6, 6.07) is 13.9. The van der Waals surface area contributed by atoms with Crippen LogP contribution < -0.4 is 10.6 Å². The number of ether oxygens (including phenoxy) is 1. The van der Waals surface area contributed by atoms with Gasteiger partial charge in [0.25, 0.3) is 0 Å². The Morgan fingerprint density at radius 2 is 1.44 bits per heavy atom. The molecule has 1 amide bonds. The number of amides is 1. The fourth-order valence-corrected chi connectivity index (χ4v) is 3.92. The van der Waals surface area contributed by atoms with Crippen molar-refractivity contribution < 1.29 is 19.1 Å². The quantitative estimate of drug-likeness (QED) is 0.718. The third-order valence-corrected chi connectivity index (χ3v) is 5.32. The average molecular weight is 434 g/mol. The van der Waals surface area contributed by atoms with Gasteiger partial charge < -0.3 is 15.0 Å².